The minimum absolute atomic E-state index is 0.270. The van der Waals surface area contributed by atoms with Crippen molar-refractivity contribution in [3.63, 3.8) is 0 Å². The Balaban J connectivity index is 1.82. The van der Waals surface area contributed by atoms with Crippen LogP contribution in [0.25, 0.3) is 0 Å². The zero-order valence-corrected chi connectivity index (χ0v) is 13.8. The second-order valence-electron chi connectivity index (χ2n) is 4.97. The normalized spacial score (nSPS) is 11.2. The van der Waals surface area contributed by atoms with E-state index in [4.69, 9.17) is 9.15 Å². The third-order valence-corrected chi connectivity index (χ3v) is 3.24. The Hall–Kier alpha value is -2.80. The van der Waals surface area contributed by atoms with Crippen LogP contribution in [-0.4, -0.2) is 39.2 Å². The molecule has 0 fully saturated rings. The van der Waals surface area contributed by atoms with E-state index in [2.05, 4.69) is 20.9 Å². The fraction of sp³-hybridized carbons (Fsp3) is 0.294. The van der Waals surface area contributed by atoms with Gasteiger partial charge in [-0.3, -0.25) is 9.79 Å². The number of methoxy groups -OCH3 is 1. The number of carbonyl (C=O) groups excluding carboxylic acids is 1. The molecule has 0 aliphatic rings. The van der Waals surface area contributed by atoms with Crippen LogP contribution in [-0.2, 0) is 11.3 Å². The lowest BCUT2D eigenvalue weighted by Gasteiger charge is -2.12. The summed E-state index contributed by atoms with van der Waals surface area (Å²) >= 11 is 0. The molecule has 7 nitrogen and oxygen atoms in total. The Labute approximate surface area is 141 Å². The van der Waals surface area contributed by atoms with Gasteiger partial charge in [0, 0.05) is 32.9 Å². The van der Waals surface area contributed by atoms with Gasteiger partial charge in [-0.25, -0.2) is 0 Å². The fourth-order valence-electron chi connectivity index (χ4n) is 1.98. The molecule has 1 aromatic carbocycles. The molecule has 0 unspecified atom stereocenters. The first kappa shape index (κ1) is 17.6. The number of aliphatic imine (C=N–C) groups is 1. The van der Waals surface area contributed by atoms with Gasteiger partial charge in [0.05, 0.1) is 12.9 Å². The smallest absolute Gasteiger partial charge is 0.291 e. The van der Waals surface area contributed by atoms with Crippen molar-refractivity contribution >= 4 is 17.6 Å². The van der Waals surface area contributed by atoms with Crippen LogP contribution in [0.5, 0.6) is 0 Å². The number of guanidine groups is 1. The van der Waals surface area contributed by atoms with E-state index in [1.165, 1.54) is 6.26 Å². The molecule has 128 valence electrons. The monoisotopic (exact) mass is 330 g/mol. The van der Waals surface area contributed by atoms with Crippen molar-refractivity contribution in [3.8, 4) is 0 Å². The van der Waals surface area contributed by atoms with Crippen molar-refractivity contribution in [3.05, 3.63) is 54.0 Å². The van der Waals surface area contributed by atoms with Gasteiger partial charge in [-0.15, -0.1) is 0 Å². The van der Waals surface area contributed by atoms with Crippen molar-refractivity contribution in [1.29, 1.82) is 0 Å². The number of hydrogen-bond donors (Lipinski definition) is 3. The molecular formula is C17H22N4O3. The summed E-state index contributed by atoms with van der Waals surface area (Å²) in [6.45, 7) is 1.93. The quantitative estimate of drug-likeness (QED) is 0.410. The summed E-state index contributed by atoms with van der Waals surface area (Å²) in [5, 5.41) is 9.13. The zero-order chi connectivity index (χ0) is 17.2. The number of amides is 1. The van der Waals surface area contributed by atoms with Crippen LogP contribution in [0.1, 0.15) is 16.1 Å². The molecule has 0 saturated carbocycles. The van der Waals surface area contributed by atoms with Gasteiger partial charge in [-0.1, -0.05) is 12.1 Å². The molecule has 1 amide bonds. The molecule has 1 aromatic heterocycles. The summed E-state index contributed by atoms with van der Waals surface area (Å²) in [5.74, 6) is 0.725. The van der Waals surface area contributed by atoms with E-state index in [0.29, 0.717) is 31.3 Å². The second-order valence-corrected chi connectivity index (χ2v) is 4.97. The maximum Gasteiger partial charge on any atom is 0.291 e. The molecule has 0 bridgehead atoms. The van der Waals surface area contributed by atoms with E-state index in [0.717, 1.165) is 5.56 Å². The molecule has 0 aliphatic carbocycles. The number of nitrogens with one attached hydrogen (secondary N) is 3. The van der Waals surface area contributed by atoms with E-state index in [1.54, 1.807) is 26.3 Å². The Morgan fingerprint density at radius 1 is 1.21 bits per heavy atom. The van der Waals surface area contributed by atoms with E-state index >= 15 is 0 Å². The molecular weight excluding hydrogens is 308 g/mol. The summed E-state index contributed by atoms with van der Waals surface area (Å²) in [5.41, 5.74) is 1.78. The average Bonchev–Trinajstić information content (AvgIpc) is 3.14. The van der Waals surface area contributed by atoms with Crippen molar-refractivity contribution < 1.29 is 13.9 Å². The Bertz CT molecular complexity index is 651. The lowest BCUT2D eigenvalue weighted by atomic mass is 10.2. The number of carbonyl (C=O) groups is 1. The largest absolute Gasteiger partial charge is 0.459 e. The number of ether oxygens (including phenoxy) is 1. The van der Waals surface area contributed by atoms with Crippen molar-refractivity contribution in [1.82, 2.24) is 10.6 Å². The van der Waals surface area contributed by atoms with E-state index in [-0.39, 0.29) is 11.7 Å². The summed E-state index contributed by atoms with van der Waals surface area (Å²) in [7, 11) is 3.37. The van der Waals surface area contributed by atoms with Gasteiger partial charge < -0.3 is 25.1 Å². The highest BCUT2D eigenvalue weighted by molar-refractivity contribution is 6.02. The van der Waals surface area contributed by atoms with E-state index < -0.39 is 0 Å². The van der Waals surface area contributed by atoms with Crippen LogP contribution in [0.3, 0.4) is 0 Å². The van der Waals surface area contributed by atoms with Crippen LogP contribution in [0.4, 0.5) is 5.69 Å². The summed E-state index contributed by atoms with van der Waals surface area (Å²) < 4.78 is 10.0. The molecule has 0 saturated heterocycles. The Morgan fingerprint density at radius 2 is 2.00 bits per heavy atom. The lowest BCUT2D eigenvalue weighted by molar-refractivity contribution is 0.0996. The zero-order valence-electron chi connectivity index (χ0n) is 13.8. The van der Waals surface area contributed by atoms with Crippen molar-refractivity contribution in [2.75, 3.05) is 32.6 Å². The van der Waals surface area contributed by atoms with E-state index in [9.17, 15) is 4.79 Å². The Kier molecular flexibility index (Phi) is 6.85. The third kappa shape index (κ3) is 5.44. The first-order valence-electron chi connectivity index (χ1n) is 7.60. The predicted octanol–water partition coefficient (Wildman–Crippen LogP) is 1.84. The lowest BCUT2D eigenvalue weighted by Crippen LogP contribution is -2.38. The van der Waals surface area contributed by atoms with Crippen molar-refractivity contribution in [2.24, 2.45) is 4.99 Å². The summed E-state index contributed by atoms with van der Waals surface area (Å²) in [4.78, 5) is 16.0. The van der Waals surface area contributed by atoms with Crippen LogP contribution < -0.4 is 16.0 Å². The topological polar surface area (TPSA) is 87.9 Å². The minimum Gasteiger partial charge on any atom is -0.459 e. The number of benzene rings is 1. The molecule has 7 heteroatoms. The SMILES string of the molecule is CN=C(NCCOC)NCc1ccc(NC(=O)c2ccco2)cc1. The molecule has 0 aliphatic heterocycles. The van der Waals surface area contributed by atoms with Gasteiger partial charge in [-0.05, 0) is 29.8 Å². The molecule has 24 heavy (non-hydrogen) atoms. The van der Waals surface area contributed by atoms with Gasteiger partial charge in [-0.2, -0.15) is 0 Å². The van der Waals surface area contributed by atoms with Crippen molar-refractivity contribution in [2.45, 2.75) is 6.54 Å². The molecule has 0 spiro atoms. The number of nitrogens with zero attached hydrogens (tertiary/aromatic N) is 1. The first-order valence-corrected chi connectivity index (χ1v) is 7.60. The predicted molar refractivity (Wildman–Crippen MR) is 93.2 cm³/mol. The molecule has 1 heterocycles. The molecule has 3 N–H and O–H groups in total. The number of anilines is 1. The fourth-order valence-corrected chi connectivity index (χ4v) is 1.98. The maximum absolute atomic E-state index is 11.9. The molecule has 0 radical (unpaired) electrons. The van der Waals surface area contributed by atoms with Crippen LogP contribution in [0.2, 0.25) is 0 Å². The summed E-state index contributed by atoms with van der Waals surface area (Å²) in [6.07, 6.45) is 1.47. The standard InChI is InChI=1S/C17H22N4O3/c1-18-17(19-9-11-23-2)20-12-13-5-7-14(8-6-13)21-16(22)15-4-3-10-24-15/h3-8,10H,9,11-12H2,1-2H3,(H,21,22)(H2,18,19,20). The molecule has 2 aromatic rings. The molecule has 0 atom stereocenters. The third-order valence-electron chi connectivity index (χ3n) is 3.24. The highest BCUT2D eigenvalue weighted by Crippen LogP contribution is 2.11. The van der Waals surface area contributed by atoms with Gasteiger partial charge in [0.15, 0.2) is 11.7 Å². The first-order chi connectivity index (χ1) is 11.7. The second kappa shape index (κ2) is 9.36. The number of hydrogen-bond acceptors (Lipinski definition) is 4. The van der Waals surface area contributed by atoms with Crippen LogP contribution >= 0.6 is 0 Å². The van der Waals surface area contributed by atoms with Crippen LogP contribution in [0, 0.1) is 0 Å². The highest BCUT2D eigenvalue weighted by atomic mass is 16.5. The van der Waals surface area contributed by atoms with Gasteiger partial charge in [0.2, 0.25) is 0 Å². The van der Waals surface area contributed by atoms with Gasteiger partial charge >= 0.3 is 0 Å². The summed E-state index contributed by atoms with van der Waals surface area (Å²) in [6, 6.07) is 10.9. The highest BCUT2D eigenvalue weighted by Gasteiger charge is 2.08. The minimum atomic E-state index is -0.270. The Morgan fingerprint density at radius 3 is 2.62 bits per heavy atom. The molecule has 2 rings (SSSR count). The van der Waals surface area contributed by atoms with Crippen LogP contribution in [0.15, 0.2) is 52.1 Å². The van der Waals surface area contributed by atoms with Gasteiger partial charge in [0.25, 0.3) is 5.91 Å². The number of furan rings is 1. The van der Waals surface area contributed by atoms with E-state index in [1.807, 2.05) is 24.3 Å². The maximum atomic E-state index is 11.9. The number of rotatable bonds is 7. The van der Waals surface area contributed by atoms with Gasteiger partial charge in [0.1, 0.15) is 0 Å². The average molecular weight is 330 g/mol.